The molecule has 1 aliphatic carbocycles. The van der Waals surface area contributed by atoms with Gasteiger partial charge in [-0.25, -0.2) is 9.37 Å². The van der Waals surface area contributed by atoms with Crippen molar-refractivity contribution in [1.82, 2.24) is 4.98 Å². The van der Waals surface area contributed by atoms with E-state index in [0.717, 1.165) is 25.7 Å². The number of halogens is 2. The molecule has 2 nitrogen and oxygen atoms in total. The lowest BCUT2D eigenvalue weighted by Gasteiger charge is -2.16. The summed E-state index contributed by atoms with van der Waals surface area (Å²) in [5.41, 5.74) is 0.449. The van der Waals surface area contributed by atoms with Gasteiger partial charge in [0.05, 0.1) is 5.88 Å². The molecule has 0 bridgehead atoms. The Morgan fingerprint density at radius 2 is 2.00 bits per heavy atom. The molecule has 0 unspecified atom stereocenters. The van der Waals surface area contributed by atoms with E-state index in [-0.39, 0.29) is 17.9 Å². The van der Waals surface area contributed by atoms with E-state index in [1.807, 2.05) is 0 Å². The Kier molecular flexibility index (Phi) is 4.60. The monoisotopic (exact) mass is 257 g/mol. The quantitative estimate of drug-likeness (QED) is 0.602. The lowest BCUT2D eigenvalue weighted by molar-refractivity contribution is 0.167. The highest BCUT2D eigenvalue weighted by atomic mass is 35.5. The smallest absolute Gasteiger partial charge is 0.250 e. The topological polar surface area (TPSA) is 22.1 Å². The maximum atomic E-state index is 13.9. The van der Waals surface area contributed by atoms with E-state index >= 15 is 0 Å². The van der Waals surface area contributed by atoms with Gasteiger partial charge in [-0.3, -0.25) is 0 Å². The number of nitrogens with zero attached hydrogens (tertiary/aromatic N) is 1. The fraction of sp³-hybridized carbons (Fsp3) is 0.615. The highest BCUT2D eigenvalue weighted by molar-refractivity contribution is 6.17. The van der Waals surface area contributed by atoms with Crippen LogP contribution in [0.2, 0.25) is 0 Å². The number of aromatic nitrogens is 1. The molecule has 0 amide bonds. The summed E-state index contributed by atoms with van der Waals surface area (Å²) in [5, 5.41) is 0. The van der Waals surface area contributed by atoms with Crippen LogP contribution < -0.4 is 4.74 Å². The third-order valence-corrected chi connectivity index (χ3v) is 3.45. The van der Waals surface area contributed by atoms with Gasteiger partial charge in [0.25, 0.3) is 5.88 Å². The molecule has 0 aliphatic heterocycles. The van der Waals surface area contributed by atoms with Crippen LogP contribution in [0.1, 0.15) is 44.1 Å². The molecule has 1 aliphatic rings. The van der Waals surface area contributed by atoms with Crippen molar-refractivity contribution in [3.63, 3.8) is 0 Å². The Morgan fingerprint density at radius 1 is 1.29 bits per heavy atom. The number of ether oxygens (including phenoxy) is 1. The zero-order valence-electron chi connectivity index (χ0n) is 9.79. The molecule has 1 fully saturated rings. The molecule has 1 saturated carbocycles. The molecule has 1 aromatic heterocycles. The summed E-state index contributed by atoms with van der Waals surface area (Å²) in [6.45, 7) is 0. The van der Waals surface area contributed by atoms with Gasteiger partial charge in [0.15, 0.2) is 5.82 Å². The predicted octanol–water partition coefficient (Wildman–Crippen LogP) is 4.06. The van der Waals surface area contributed by atoms with Crippen LogP contribution >= 0.6 is 11.6 Å². The molecule has 0 N–H and O–H groups in total. The molecule has 4 heteroatoms. The minimum absolute atomic E-state index is 0.102. The summed E-state index contributed by atoms with van der Waals surface area (Å²) < 4.78 is 19.5. The Hall–Kier alpha value is -0.830. The van der Waals surface area contributed by atoms with E-state index in [4.69, 9.17) is 16.3 Å². The zero-order valence-corrected chi connectivity index (χ0v) is 10.5. The summed E-state index contributed by atoms with van der Waals surface area (Å²) in [6.07, 6.45) is 8.44. The maximum Gasteiger partial charge on any atom is 0.250 e. The first-order valence-electron chi connectivity index (χ1n) is 6.17. The minimum atomic E-state index is -0.410. The van der Waals surface area contributed by atoms with E-state index in [1.165, 1.54) is 12.8 Å². The van der Waals surface area contributed by atoms with Crippen LogP contribution in [0.5, 0.6) is 5.88 Å². The highest BCUT2D eigenvalue weighted by Crippen LogP contribution is 2.25. The van der Waals surface area contributed by atoms with Crippen molar-refractivity contribution in [1.29, 1.82) is 0 Å². The second-order valence-electron chi connectivity index (χ2n) is 4.45. The van der Waals surface area contributed by atoms with Gasteiger partial charge in [-0.1, -0.05) is 12.8 Å². The fourth-order valence-electron chi connectivity index (χ4n) is 2.17. The standard InChI is InChI=1S/C13H17ClFNO/c14-9-10-7-8-16-13(12(10)15)17-11-5-3-1-2-4-6-11/h7-8,11H,1-6,9H2. The van der Waals surface area contributed by atoms with Crippen LogP contribution in [-0.4, -0.2) is 11.1 Å². The van der Waals surface area contributed by atoms with E-state index in [9.17, 15) is 4.39 Å². The first kappa shape index (κ1) is 12.6. The van der Waals surface area contributed by atoms with Crippen LogP contribution in [-0.2, 0) is 5.88 Å². The van der Waals surface area contributed by atoms with Crippen molar-refractivity contribution in [2.24, 2.45) is 0 Å². The van der Waals surface area contributed by atoms with E-state index in [0.29, 0.717) is 5.56 Å². The molecule has 0 spiro atoms. The Balaban J connectivity index is 2.06. The summed E-state index contributed by atoms with van der Waals surface area (Å²) in [6, 6.07) is 1.59. The van der Waals surface area contributed by atoms with Crippen LogP contribution in [0.3, 0.4) is 0 Å². The molecule has 0 saturated heterocycles. The molecular weight excluding hydrogens is 241 g/mol. The molecule has 17 heavy (non-hydrogen) atoms. The van der Waals surface area contributed by atoms with Gasteiger partial charge in [0.2, 0.25) is 0 Å². The fourth-order valence-corrected chi connectivity index (χ4v) is 2.37. The number of hydrogen-bond acceptors (Lipinski definition) is 2. The minimum Gasteiger partial charge on any atom is -0.472 e. The molecule has 1 heterocycles. The first-order valence-corrected chi connectivity index (χ1v) is 6.70. The van der Waals surface area contributed by atoms with Crippen molar-refractivity contribution < 1.29 is 9.13 Å². The van der Waals surface area contributed by atoms with Crippen molar-refractivity contribution in [3.05, 3.63) is 23.6 Å². The summed E-state index contributed by atoms with van der Waals surface area (Å²) in [4.78, 5) is 3.96. The van der Waals surface area contributed by atoms with Gasteiger partial charge >= 0.3 is 0 Å². The second-order valence-corrected chi connectivity index (χ2v) is 4.72. The number of hydrogen-bond donors (Lipinski definition) is 0. The second kappa shape index (κ2) is 6.20. The van der Waals surface area contributed by atoms with Crippen LogP contribution in [0, 0.1) is 5.82 Å². The Bertz CT molecular complexity index is 364. The van der Waals surface area contributed by atoms with Gasteiger partial charge in [-0.2, -0.15) is 0 Å². The zero-order chi connectivity index (χ0) is 12.1. The molecule has 94 valence electrons. The summed E-state index contributed by atoms with van der Waals surface area (Å²) in [5.74, 6) is -0.156. The summed E-state index contributed by atoms with van der Waals surface area (Å²) >= 11 is 5.65. The number of pyridine rings is 1. The average Bonchev–Trinajstić information content (AvgIpc) is 2.60. The van der Waals surface area contributed by atoms with Gasteiger partial charge < -0.3 is 4.74 Å². The van der Waals surface area contributed by atoms with Crippen molar-refractivity contribution in [3.8, 4) is 5.88 Å². The lowest BCUT2D eigenvalue weighted by atomic mass is 10.1. The SMILES string of the molecule is Fc1c(CCl)ccnc1OC1CCCCCC1. The number of rotatable bonds is 3. The number of alkyl halides is 1. The van der Waals surface area contributed by atoms with E-state index in [1.54, 1.807) is 12.3 Å². The van der Waals surface area contributed by atoms with Crippen LogP contribution in [0.25, 0.3) is 0 Å². The normalized spacial score (nSPS) is 17.8. The van der Waals surface area contributed by atoms with Crippen LogP contribution in [0.15, 0.2) is 12.3 Å². The average molecular weight is 258 g/mol. The molecule has 2 rings (SSSR count). The van der Waals surface area contributed by atoms with Crippen molar-refractivity contribution >= 4 is 11.6 Å². The van der Waals surface area contributed by atoms with Crippen molar-refractivity contribution in [2.75, 3.05) is 0 Å². The lowest BCUT2D eigenvalue weighted by Crippen LogP contribution is -2.17. The molecular formula is C13H17ClFNO. The largest absolute Gasteiger partial charge is 0.472 e. The van der Waals surface area contributed by atoms with Gasteiger partial charge in [0, 0.05) is 11.8 Å². The highest BCUT2D eigenvalue weighted by Gasteiger charge is 2.17. The van der Waals surface area contributed by atoms with E-state index < -0.39 is 5.82 Å². The van der Waals surface area contributed by atoms with Gasteiger partial charge in [-0.05, 0) is 31.7 Å². The third kappa shape index (κ3) is 3.32. The van der Waals surface area contributed by atoms with Gasteiger partial charge in [0.1, 0.15) is 6.10 Å². The van der Waals surface area contributed by atoms with Gasteiger partial charge in [-0.15, -0.1) is 11.6 Å². The van der Waals surface area contributed by atoms with E-state index in [2.05, 4.69) is 4.98 Å². The third-order valence-electron chi connectivity index (χ3n) is 3.16. The van der Waals surface area contributed by atoms with Crippen LogP contribution in [0.4, 0.5) is 4.39 Å². The molecule has 0 aromatic carbocycles. The Labute approximate surface area is 106 Å². The Morgan fingerprint density at radius 3 is 2.65 bits per heavy atom. The molecule has 1 aromatic rings. The molecule has 0 atom stereocenters. The maximum absolute atomic E-state index is 13.9. The first-order chi connectivity index (χ1) is 8.31. The molecule has 0 radical (unpaired) electrons. The predicted molar refractivity (Wildman–Crippen MR) is 65.9 cm³/mol. The van der Waals surface area contributed by atoms with Crippen molar-refractivity contribution in [2.45, 2.75) is 50.5 Å². The summed E-state index contributed by atoms with van der Waals surface area (Å²) in [7, 11) is 0.